The highest BCUT2D eigenvalue weighted by molar-refractivity contribution is 6.32. The van der Waals surface area contributed by atoms with Crippen molar-refractivity contribution < 1.29 is 14.6 Å². The Hall–Kier alpha value is -3.25. The molecule has 0 bridgehead atoms. The molecular weight excluding hydrogens is 414 g/mol. The van der Waals surface area contributed by atoms with Crippen LogP contribution in [0.15, 0.2) is 42.6 Å². The topological polar surface area (TPSA) is 80.1 Å². The van der Waals surface area contributed by atoms with E-state index in [0.29, 0.717) is 19.4 Å². The molecule has 0 aliphatic heterocycles. The van der Waals surface area contributed by atoms with Gasteiger partial charge in [0.1, 0.15) is 11.4 Å². The van der Waals surface area contributed by atoms with E-state index in [-0.39, 0.29) is 5.69 Å². The molecule has 160 valence electrons. The number of halogens is 1. The van der Waals surface area contributed by atoms with Crippen molar-refractivity contribution in [1.29, 1.82) is 0 Å². The fourth-order valence-corrected chi connectivity index (χ4v) is 4.10. The number of fused-ring (bicyclic) bond motifs is 1. The number of carboxylic acid groups (broad SMARTS) is 1. The van der Waals surface area contributed by atoms with E-state index in [4.69, 9.17) is 16.3 Å². The molecule has 2 N–H and O–H groups in total. The Morgan fingerprint density at radius 1 is 1.23 bits per heavy atom. The molecule has 0 unspecified atom stereocenters. The lowest BCUT2D eigenvalue weighted by Crippen LogP contribution is -2.04. The summed E-state index contributed by atoms with van der Waals surface area (Å²) in [5, 5.41) is 15.7. The van der Waals surface area contributed by atoms with Crippen molar-refractivity contribution in [2.75, 3.05) is 6.61 Å². The van der Waals surface area contributed by atoms with Gasteiger partial charge in [0.2, 0.25) is 0 Å². The maximum absolute atomic E-state index is 11.9. The summed E-state index contributed by atoms with van der Waals surface area (Å²) in [6.45, 7) is 4.38. The summed E-state index contributed by atoms with van der Waals surface area (Å²) < 4.78 is 7.68. The van der Waals surface area contributed by atoms with Crippen molar-refractivity contribution in [3.05, 3.63) is 70.0 Å². The van der Waals surface area contributed by atoms with Gasteiger partial charge in [-0.15, -0.1) is 0 Å². The van der Waals surface area contributed by atoms with Crippen molar-refractivity contribution >= 4 is 28.5 Å². The molecule has 2 heterocycles. The molecule has 7 heteroatoms. The first-order chi connectivity index (χ1) is 14.9. The van der Waals surface area contributed by atoms with Gasteiger partial charge in [-0.05, 0) is 61.6 Å². The van der Waals surface area contributed by atoms with E-state index in [1.54, 1.807) is 10.9 Å². The zero-order chi connectivity index (χ0) is 22.1. The number of para-hydroxylation sites is 1. The van der Waals surface area contributed by atoms with Crippen LogP contribution in [0.4, 0.5) is 0 Å². The molecule has 0 radical (unpaired) electrons. The quantitative estimate of drug-likeness (QED) is 0.371. The normalized spacial score (nSPS) is 11.2. The van der Waals surface area contributed by atoms with Gasteiger partial charge in [-0.1, -0.05) is 29.8 Å². The van der Waals surface area contributed by atoms with Crippen LogP contribution in [0, 0.1) is 13.8 Å². The van der Waals surface area contributed by atoms with E-state index in [1.165, 1.54) is 0 Å². The maximum Gasteiger partial charge on any atom is 0.352 e. The second kappa shape index (κ2) is 8.47. The van der Waals surface area contributed by atoms with Crippen molar-refractivity contribution in [3.8, 4) is 17.0 Å². The van der Waals surface area contributed by atoms with Crippen LogP contribution in [0.25, 0.3) is 22.2 Å². The molecule has 4 rings (SSSR count). The summed E-state index contributed by atoms with van der Waals surface area (Å²) in [7, 11) is 1.87. The summed E-state index contributed by atoms with van der Waals surface area (Å²) in [5.41, 5.74) is 5.62. The van der Waals surface area contributed by atoms with Crippen LogP contribution in [0.5, 0.6) is 5.75 Å². The lowest BCUT2D eigenvalue weighted by Gasteiger charge is -2.10. The number of aromatic nitrogens is 3. The first kappa shape index (κ1) is 21.0. The average Bonchev–Trinajstić information content (AvgIpc) is 3.32. The summed E-state index contributed by atoms with van der Waals surface area (Å²) in [5.74, 6) is -0.192. The molecule has 2 aromatic heterocycles. The van der Waals surface area contributed by atoms with Crippen molar-refractivity contribution in [2.45, 2.75) is 26.7 Å². The lowest BCUT2D eigenvalue weighted by molar-refractivity contribution is 0.0690. The van der Waals surface area contributed by atoms with Gasteiger partial charge in [-0.25, -0.2) is 4.79 Å². The van der Waals surface area contributed by atoms with Crippen LogP contribution in [0.2, 0.25) is 5.02 Å². The third-order valence-corrected chi connectivity index (χ3v) is 6.10. The van der Waals surface area contributed by atoms with Gasteiger partial charge < -0.3 is 14.8 Å². The SMILES string of the molecule is Cc1cc(OCCCc2c(C(=O)O)[nH]c3c(-c4ccnn4C)cccc23)cc(C)c1Cl. The van der Waals surface area contributed by atoms with Crippen molar-refractivity contribution in [1.82, 2.24) is 14.8 Å². The van der Waals surface area contributed by atoms with Gasteiger partial charge in [0.15, 0.2) is 0 Å². The van der Waals surface area contributed by atoms with Crippen molar-refractivity contribution in [2.24, 2.45) is 7.05 Å². The number of hydrogen-bond acceptors (Lipinski definition) is 3. The number of nitrogens with one attached hydrogen (secondary N) is 1. The summed E-state index contributed by atoms with van der Waals surface area (Å²) >= 11 is 6.22. The molecular formula is C24H24ClN3O3. The molecule has 6 nitrogen and oxygen atoms in total. The van der Waals surface area contributed by atoms with Crippen LogP contribution in [0.3, 0.4) is 0 Å². The zero-order valence-corrected chi connectivity index (χ0v) is 18.5. The predicted molar refractivity (Wildman–Crippen MR) is 122 cm³/mol. The molecule has 0 fully saturated rings. The molecule has 31 heavy (non-hydrogen) atoms. The van der Waals surface area contributed by atoms with Crippen LogP contribution < -0.4 is 4.74 Å². The van der Waals surface area contributed by atoms with E-state index in [1.807, 2.05) is 57.3 Å². The Bertz CT molecular complexity index is 1250. The number of nitrogens with zero attached hydrogens (tertiary/aromatic N) is 2. The highest BCUT2D eigenvalue weighted by Crippen LogP contribution is 2.32. The van der Waals surface area contributed by atoms with Gasteiger partial charge in [-0.2, -0.15) is 5.10 Å². The van der Waals surface area contributed by atoms with Crippen LogP contribution in [-0.4, -0.2) is 32.4 Å². The smallest absolute Gasteiger partial charge is 0.352 e. The highest BCUT2D eigenvalue weighted by atomic mass is 35.5. The Kier molecular flexibility index (Phi) is 5.74. The number of rotatable bonds is 7. The number of aromatic carboxylic acids is 1. The van der Waals surface area contributed by atoms with Crippen LogP contribution >= 0.6 is 11.6 Å². The number of hydrogen-bond donors (Lipinski definition) is 2. The average molecular weight is 438 g/mol. The van der Waals surface area contributed by atoms with Gasteiger partial charge >= 0.3 is 5.97 Å². The van der Waals surface area contributed by atoms with E-state index < -0.39 is 5.97 Å². The standard InChI is InChI=1S/C24H24ClN3O3/c1-14-12-16(13-15(2)21(14)25)31-11-5-8-18-17-6-4-7-19(20-9-10-26-28(20)3)22(17)27-23(18)24(29)30/h4,6-7,9-10,12-13,27H,5,8,11H2,1-3H3,(H,29,30). The summed E-state index contributed by atoms with van der Waals surface area (Å²) in [4.78, 5) is 15.1. The zero-order valence-electron chi connectivity index (χ0n) is 17.7. The van der Waals surface area contributed by atoms with E-state index >= 15 is 0 Å². The molecule has 0 saturated heterocycles. The Morgan fingerprint density at radius 3 is 2.61 bits per heavy atom. The minimum atomic E-state index is -0.966. The third-order valence-electron chi connectivity index (χ3n) is 5.50. The Balaban J connectivity index is 1.58. The molecule has 0 atom stereocenters. The molecule has 0 amide bonds. The van der Waals surface area contributed by atoms with Crippen LogP contribution in [0.1, 0.15) is 33.6 Å². The maximum atomic E-state index is 11.9. The fourth-order valence-electron chi connectivity index (χ4n) is 4.00. The number of aromatic amines is 1. The molecule has 0 aliphatic carbocycles. The second-order valence-electron chi connectivity index (χ2n) is 7.67. The minimum Gasteiger partial charge on any atom is -0.494 e. The Morgan fingerprint density at radius 2 is 1.97 bits per heavy atom. The van der Waals surface area contributed by atoms with E-state index in [9.17, 15) is 9.90 Å². The largest absolute Gasteiger partial charge is 0.494 e. The fraction of sp³-hybridized carbons (Fsp3) is 0.250. The predicted octanol–water partition coefficient (Wildman–Crippen LogP) is 5.55. The van der Waals surface area contributed by atoms with E-state index in [0.717, 1.165) is 49.6 Å². The number of carbonyl (C=O) groups is 1. The third kappa shape index (κ3) is 4.03. The lowest BCUT2D eigenvalue weighted by atomic mass is 10.0. The monoisotopic (exact) mass is 437 g/mol. The molecule has 2 aromatic carbocycles. The van der Waals surface area contributed by atoms with E-state index in [2.05, 4.69) is 10.1 Å². The van der Waals surface area contributed by atoms with Gasteiger partial charge in [0, 0.05) is 29.2 Å². The molecule has 0 saturated carbocycles. The number of carboxylic acids is 1. The first-order valence-corrected chi connectivity index (χ1v) is 10.5. The van der Waals surface area contributed by atoms with Crippen LogP contribution in [-0.2, 0) is 13.5 Å². The number of benzene rings is 2. The van der Waals surface area contributed by atoms with Crippen molar-refractivity contribution in [3.63, 3.8) is 0 Å². The van der Waals surface area contributed by atoms with Gasteiger partial charge in [-0.3, -0.25) is 4.68 Å². The van der Waals surface area contributed by atoms with Gasteiger partial charge in [0.25, 0.3) is 0 Å². The highest BCUT2D eigenvalue weighted by Gasteiger charge is 2.19. The summed E-state index contributed by atoms with van der Waals surface area (Å²) in [6.07, 6.45) is 3.00. The Labute approximate surface area is 185 Å². The minimum absolute atomic E-state index is 0.225. The number of aryl methyl sites for hydroxylation is 4. The summed E-state index contributed by atoms with van der Waals surface area (Å²) in [6, 6.07) is 11.6. The number of H-pyrrole nitrogens is 1. The second-order valence-corrected chi connectivity index (χ2v) is 8.05. The molecule has 0 spiro atoms. The molecule has 4 aromatic rings. The molecule has 0 aliphatic rings. The number of ether oxygens (including phenoxy) is 1. The first-order valence-electron chi connectivity index (χ1n) is 10.1. The van der Waals surface area contributed by atoms with Gasteiger partial charge in [0.05, 0.1) is 17.8 Å².